The average molecular weight is 298 g/mol. The van der Waals surface area contributed by atoms with E-state index in [1.807, 2.05) is 31.2 Å². The molecule has 1 saturated heterocycles. The van der Waals surface area contributed by atoms with Crippen molar-refractivity contribution < 1.29 is 8.94 Å². The van der Waals surface area contributed by atoms with Crippen molar-refractivity contribution in [2.75, 3.05) is 6.54 Å². The lowest BCUT2D eigenvalue weighted by atomic mass is 10.0. The van der Waals surface area contributed by atoms with Crippen LogP contribution < -0.4 is 0 Å². The summed E-state index contributed by atoms with van der Waals surface area (Å²) >= 11 is 0. The number of benzene rings is 1. The van der Waals surface area contributed by atoms with Crippen molar-refractivity contribution >= 4 is 11.1 Å². The minimum atomic E-state index is 0.174. The molecule has 0 radical (unpaired) electrons. The molecule has 1 fully saturated rings. The zero-order valence-corrected chi connectivity index (χ0v) is 12.5. The van der Waals surface area contributed by atoms with Crippen LogP contribution in [0.4, 0.5) is 0 Å². The van der Waals surface area contributed by atoms with E-state index in [1.165, 1.54) is 12.8 Å². The molecular weight excluding hydrogens is 280 g/mol. The summed E-state index contributed by atoms with van der Waals surface area (Å²) in [6.07, 6.45) is 3.40. The van der Waals surface area contributed by atoms with Crippen LogP contribution in [0, 0.1) is 6.92 Å². The lowest BCUT2D eigenvalue weighted by Gasteiger charge is -2.32. The molecule has 3 heterocycles. The molecule has 4 rings (SSSR count). The van der Waals surface area contributed by atoms with Gasteiger partial charge in [-0.3, -0.25) is 4.90 Å². The maximum absolute atomic E-state index is 5.96. The molecule has 6 nitrogen and oxygen atoms in total. The van der Waals surface area contributed by atoms with Gasteiger partial charge in [0.2, 0.25) is 11.8 Å². The predicted octanol–water partition coefficient (Wildman–Crippen LogP) is 3.25. The van der Waals surface area contributed by atoms with E-state index in [0.717, 1.165) is 30.0 Å². The molecule has 6 heteroatoms. The van der Waals surface area contributed by atoms with Gasteiger partial charge in [-0.2, -0.15) is 4.98 Å². The number of likely N-dealkylation sites (tertiary alicyclic amines) is 1. The summed E-state index contributed by atoms with van der Waals surface area (Å²) in [5, 5.41) is 3.86. The van der Waals surface area contributed by atoms with E-state index in [1.54, 1.807) is 0 Å². The van der Waals surface area contributed by atoms with Gasteiger partial charge in [-0.1, -0.05) is 23.7 Å². The number of hydrogen-bond donors (Lipinski definition) is 0. The van der Waals surface area contributed by atoms with Crippen molar-refractivity contribution in [3.63, 3.8) is 0 Å². The number of hydrogen-bond acceptors (Lipinski definition) is 6. The van der Waals surface area contributed by atoms with Gasteiger partial charge >= 0.3 is 0 Å². The minimum Gasteiger partial charge on any atom is -0.439 e. The van der Waals surface area contributed by atoms with Crippen molar-refractivity contribution in [2.45, 2.75) is 38.8 Å². The number of piperidine rings is 1. The molecule has 2 aromatic heterocycles. The lowest BCUT2D eigenvalue weighted by molar-refractivity contribution is 0.105. The lowest BCUT2D eigenvalue weighted by Crippen LogP contribution is -2.33. The van der Waals surface area contributed by atoms with Gasteiger partial charge in [-0.25, -0.2) is 4.98 Å². The first-order valence-electron chi connectivity index (χ1n) is 7.68. The van der Waals surface area contributed by atoms with Crippen LogP contribution in [0.5, 0.6) is 0 Å². The topological polar surface area (TPSA) is 68.2 Å². The third-order valence-corrected chi connectivity index (χ3v) is 4.12. The van der Waals surface area contributed by atoms with Gasteiger partial charge in [0.15, 0.2) is 11.4 Å². The third-order valence-electron chi connectivity index (χ3n) is 4.12. The molecule has 1 aliphatic heterocycles. The second kappa shape index (κ2) is 5.53. The summed E-state index contributed by atoms with van der Waals surface area (Å²) in [4.78, 5) is 11.3. The van der Waals surface area contributed by atoms with E-state index in [-0.39, 0.29) is 6.04 Å². The molecule has 114 valence electrons. The highest BCUT2D eigenvalue weighted by Crippen LogP contribution is 2.33. The molecular formula is C16H18N4O2. The fraction of sp³-hybridized carbons (Fsp3) is 0.438. The molecule has 0 bridgehead atoms. The summed E-state index contributed by atoms with van der Waals surface area (Å²) < 4.78 is 11.2. The number of rotatable bonds is 3. The van der Waals surface area contributed by atoms with Crippen molar-refractivity contribution in [1.82, 2.24) is 20.0 Å². The van der Waals surface area contributed by atoms with E-state index in [0.29, 0.717) is 18.3 Å². The Morgan fingerprint density at radius 2 is 2.14 bits per heavy atom. The Bertz CT molecular complexity index is 746. The fourth-order valence-electron chi connectivity index (χ4n) is 3.07. The van der Waals surface area contributed by atoms with E-state index in [9.17, 15) is 0 Å². The SMILES string of the molecule is Cc1noc(CN2CCCCC2c2nc3ccccc3o2)n1. The van der Waals surface area contributed by atoms with Gasteiger partial charge in [0, 0.05) is 0 Å². The van der Waals surface area contributed by atoms with Crippen LogP contribution in [0.2, 0.25) is 0 Å². The van der Waals surface area contributed by atoms with Gasteiger partial charge in [0.05, 0.1) is 12.6 Å². The Balaban J connectivity index is 1.62. The first-order chi connectivity index (χ1) is 10.8. The molecule has 1 aromatic carbocycles. The standard InChI is InChI=1S/C16H18N4O2/c1-11-17-15(22-19-11)10-20-9-5-4-7-13(20)16-18-12-6-2-3-8-14(12)21-16/h2-3,6,8,13H,4-5,7,9-10H2,1H3. The molecule has 0 spiro atoms. The van der Waals surface area contributed by atoms with Crippen molar-refractivity contribution in [2.24, 2.45) is 0 Å². The first-order valence-corrected chi connectivity index (χ1v) is 7.68. The van der Waals surface area contributed by atoms with E-state index < -0.39 is 0 Å². The maximum Gasteiger partial charge on any atom is 0.240 e. The van der Waals surface area contributed by atoms with Gasteiger partial charge in [0.1, 0.15) is 5.52 Å². The number of aryl methyl sites for hydroxylation is 1. The monoisotopic (exact) mass is 298 g/mol. The molecule has 0 aliphatic carbocycles. The Hall–Kier alpha value is -2.21. The number of aromatic nitrogens is 3. The Labute approximate surface area is 128 Å². The average Bonchev–Trinajstić information content (AvgIpc) is 3.14. The van der Waals surface area contributed by atoms with Crippen LogP contribution in [0.15, 0.2) is 33.2 Å². The van der Waals surface area contributed by atoms with Crippen molar-refractivity contribution in [3.8, 4) is 0 Å². The summed E-state index contributed by atoms with van der Waals surface area (Å²) in [6, 6.07) is 8.07. The van der Waals surface area contributed by atoms with Crippen LogP contribution in [-0.4, -0.2) is 26.6 Å². The first kappa shape index (κ1) is 13.5. The normalized spacial score (nSPS) is 19.8. The largest absolute Gasteiger partial charge is 0.439 e. The molecule has 0 amide bonds. The molecule has 1 aliphatic rings. The van der Waals surface area contributed by atoms with E-state index in [4.69, 9.17) is 8.94 Å². The zero-order valence-electron chi connectivity index (χ0n) is 12.5. The van der Waals surface area contributed by atoms with Gasteiger partial charge in [-0.15, -0.1) is 0 Å². The smallest absolute Gasteiger partial charge is 0.240 e. The summed E-state index contributed by atoms with van der Waals surface area (Å²) in [5.41, 5.74) is 1.76. The molecule has 3 aromatic rings. The number of nitrogens with zero attached hydrogens (tertiary/aromatic N) is 4. The fourth-order valence-corrected chi connectivity index (χ4v) is 3.07. The zero-order chi connectivity index (χ0) is 14.9. The van der Waals surface area contributed by atoms with E-state index in [2.05, 4.69) is 20.0 Å². The number of fused-ring (bicyclic) bond motifs is 1. The summed E-state index contributed by atoms with van der Waals surface area (Å²) in [6.45, 7) is 3.47. The highest BCUT2D eigenvalue weighted by Gasteiger charge is 2.29. The van der Waals surface area contributed by atoms with Crippen LogP contribution in [0.25, 0.3) is 11.1 Å². The van der Waals surface area contributed by atoms with Gasteiger partial charge in [0.25, 0.3) is 0 Å². The predicted molar refractivity (Wildman–Crippen MR) is 80.0 cm³/mol. The minimum absolute atomic E-state index is 0.174. The maximum atomic E-state index is 5.96. The number of oxazole rings is 1. The van der Waals surface area contributed by atoms with Crippen molar-refractivity contribution in [1.29, 1.82) is 0 Å². The summed E-state index contributed by atoms with van der Waals surface area (Å²) in [5.74, 6) is 2.11. The highest BCUT2D eigenvalue weighted by molar-refractivity contribution is 5.72. The number of para-hydroxylation sites is 2. The van der Waals surface area contributed by atoms with Crippen LogP contribution in [0.1, 0.15) is 42.9 Å². The Morgan fingerprint density at radius 3 is 2.95 bits per heavy atom. The molecule has 0 N–H and O–H groups in total. The second-order valence-electron chi connectivity index (χ2n) is 5.74. The van der Waals surface area contributed by atoms with Gasteiger partial charge < -0.3 is 8.94 Å². The molecule has 22 heavy (non-hydrogen) atoms. The quantitative estimate of drug-likeness (QED) is 0.739. The van der Waals surface area contributed by atoms with Gasteiger partial charge in [-0.05, 0) is 38.4 Å². The molecule has 1 unspecified atom stereocenters. The third kappa shape index (κ3) is 2.50. The highest BCUT2D eigenvalue weighted by atomic mass is 16.5. The van der Waals surface area contributed by atoms with Crippen LogP contribution in [0.3, 0.4) is 0 Å². The van der Waals surface area contributed by atoms with E-state index >= 15 is 0 Å². The second-order valence-corrected chi connectivity index (χ2v) is 5.74. The van der Waals surface area contributed by atoms with Crippen molar-refractivity contribution in [3.05, 3.63) is 41.9 Å². The Morgan fingerprint density at radius 1 is 1.23 bits per heavy atom. The Kier molecular flexibility index (Phi) is 3.38. The molecule has 1 atom stereocenters. The molecule has 0 saturated carbocycles. The van der Waals surface area contributed by atoms with Crippen LogP contribution in [-0.2, 0) is 6.54 Å². The van der Waals surface area contributed by atoms with Crippen LogP contribution >= 0.6 is 0 Å². The summed E-state index contributed by atoms with van der Waals surface area (Å²) in [7, 11) is 0.